The first-order valence-electron chi connectivity index (χ1n) is 7.22. The molecule has 0 spiro atoms. The molecule has 5 heteroatoms. The molecule has 0 amide bonds. The summed E-state index contributed by atoms with van der Waals surface area (Å²) in [6.45, 7) is 12.4. The minimum Gasteiger partial charge on any atom is -0.314 e. The van der Waals surface area contributed by atoms with E-state index in [1.165, 1.54) is 5.01 Å². The van der Waals surface area contributed by atoms with Crippen molar-refractivity contribution in [2.24, 2.45) is 0 Å². The van der Waals surface area contributed by atoms with Crippen molar-refractivity contribution in [2.45, 2.75) is 38.8 Å². The van der Waals surface area contributed by atoms with Crippen molar-refractivity contribution in [1.29, 1.82) is 0 Å². The van der Waals surface area contributed by atoms with Gasteiger partial charge in [-0.3, -0.25) is 4.90 Å². The van der Waals surface area contributed by atoms with E-state index in [1.54, 1.807) is 11.3 Å². The number of nitrogens with zero attached hydrogens (tertiary/aromatic N) is 2. The second kappa shape index (κ2) is 6.79. The first-order chi connectivity index (χ1) is 9.13. The first kappa shape index (κ1) is 14.9. The lowest BCUT2D eigenvalue weighted by molar-refractivity contribution is 0.0991. The maximum absolute atomic E-state index is 4.43. The lowest BCUT2D eigenvalue weighted by atomic mass is 10.0. The van der Waals surface area contributed by atoms with Crippen LogP contribution in [0.3, 0.4) is 0 Å². The summed E-state index contributed by atoms with van der Waals surface area (Å²) in [5.41, 5.74) is 0.201. The Morgan fingerprint density at radius 1 is 1.47 bits per heavy atom. The highest BCUT2D eigenvalue weighted by Gasteiger charge is 2.28. The summed E-state index contributed by atoms with van der Waals surface area (Å²) < 4.78 is 0. The lowest BCUT2D eigenvalue weighted by Gasteiger charge is -2.42. The van der Waals surface area contributed by atoms with Crippen molar-refractivity contribution < 1.29 is 0 Å². The molecule has 1 saturated heterocycles. The average Bonchev–Trinajstić information content (AvgIpc) is 2.94. The van der Waals surface area contributed by atoms with Crippen molar-refractivity contribution in [3.63, 3.8) is 0 Å². The lowest BCUT2D eigenvalue weighted by Crippen LogP contribution is -2.57. The van der Waals surface area contributed by atoms with E-state index >= 15 is 0 Å². The molecule has 1 aromatic heterocycles. The quantitative estimate of drug-likeness (QED) is 0.836. The van der Waals surface area contributed by atoms with Crippen LogP contribution in [0.2, 0.25) is 0 Å². The second-order valence-electron chi connectivity index (χ2n) is 5.76. The van der Waals surface area contributed by atoms with E-state index in [4.69, 9.17) is 0 Å². The van der Waals surface area contributed by atoms with Crippen molar-refractivity contribution in [2.75, 3.05) is 32.7 Å². The molecule has 2 heterocycles. The Balaban J connectivity index is 1.88. The van der Waals surface area contributed by atoms with Crippen LogP contribution in [0.5, 0.6) is 0 Å². The van der Waals surface area contributed by atoms with E-state index in [0.717, 1.165) is 39.1 Å². The van der Waals surface area contributed by atoms with Crippen molar-refractivity contribution >= 4 is 11.3 Å². The van der Waals surface area contributed by atoms with Gasteiger partial charge in [0.05, 0.1) is 6.04 Å². The third kappa shape index (κ3) is 3.99. The zero-order chi connectivity index (χ0) is 13.7. The van der Waals surface area contributed by atoms with Gasteiger partial charge in [0, 0.05) is 49.8 Å². The van der Waals surface area contributed by atoms with Crippen LogP contribution in [0.4, 0.5) is 0 Å². The molecule has 2 N–H and O–H groups in total. The van der Waals surface area contributed by atoms with Crippen molar-refractivity contribution in [3.8, 4) is 0 Å². The molecule has 2 rings (SSSR count). The van der Waals surface area contributed by atoms with Crippen molar-refractivity contribution in [3.05, 3.63) is 16.6 Å². The van der Waals surface area contributed by atoms with E-state index in [9.17, 15) is 0 Å². The molecule has 1 fully saturated rings. The van der Waals surface area contributed by atoms with Crippen LogP contribution in [-0.4, -0.2) is 48.1 Å². The predicted octanol–water partition coefficient (Wildman–Crippen LogP) is 1.87. The van der Waals surface area contributed by atoms with Gasteiger partial charge in [-0.1, -0.05) is 6.92 Å². The number of nitrogens with one attached hydrogen (secondary N) is 2. The van der Waals surface area contributed by atoms with Crippen LogP contribution >= 0.6 is 11.3 Å². The highest BCUT2D eigenvalue weighted by molar-refractivity contribution is 7.09. The Morgan fingerprint density at radius 2 is 2.21 bits per heavy atom. The van der Waals surface area contributed by atoms with Crippen LogP contribution < -0.4 is 10.6 Å². The standard InChI is InChI=1S/C14H26N4S/c1-4-12(13-16-7-10-19-13)17-11-14(2,3)18-8-5-15-6-9-18/h7,10,12,15,17H,4-6,8-9,11H2,1-3H3. The van der Waals surface area contributed by atoms with Gasteiger partial charge in [0.2, 0.25) is 0 Å². The third-order valence-electron chi connectivity index (χ3n) is 3.91. The molecule has 0 aliphatic carbocycles. The molecule has 0 aromatic carbocycles. The largest absolute Gasteiger partial charge is 0.314 e. The van der Waals surface area contributed by atoms with Crippen LogP contribution in [0.1, 0.15) is 38.2 Å². The molecule has 0 saturated carbocycles. The minimum absolute atomic E-state index is 0.201. The number of rotatable bonds is 6. The summed E-state index contributed by atoms with van der Waals surface area (Å²) in [4.78, 5) is 7.01. The minimum atomic E-state index is 0.201. The summed E-state index contributed by atoms with van der Waals surface area (Å²) in [5, 5.41) is 10.4. The van der Waals surface area contributed by atoms with E-state index in [-0.39, 0.29) is 5.54 Å². The van der Waals surface area contributed by atoms with Crippen LogP contribution in [0.25, 0.3) is 0 Å². The van der Waals surface area contributed by atoms with Gasteiger partial charge in [0.1, 0.15) is 5.01 Å². The van der Waals surface area contributed by atoms with Gasteiger partial charge in [-0.2, -0.15) is 0 Å². The molecule has 1 aromatic rings. The number of thiazole rings is 1. The van der Waals surface area contributed by atoms with E-state index in [1.807, 2.05) is 6.20 Å². The Bertz CT molecular complexity index is 358. The van der Waals surface area contributed by atoms with Gasteiger partial charge in [-0.25, -0.2) is 4.98 Å². The molecular formula is C14H26N4S. The average molecular weight is 282 g/mol. The van der Waals surface area contributed by atoms with Gasteiger partial charge >= 0.3 is 0 Å². The van der Waals surface area contributed by atoms with Gasteiger partial charge in [0.15, 0.2) is 0 Å². The summed E-state index contributed by atoms with van der Waals surface area (Å²) in [5.74, 6) is 0. The van der Waals surface area contributed by atoms with Crippen molar-refractivity contribution in [1.82, 2.24) is 20.5 Å². The Hall–Kier alpha value is -0.490. The van der Waals surface area contributed by atoms with E-state index in [0.29, 0.717) is 6.04 Å². The summed E-state index contributed by atoms with van der Waals surface area (Å²) >= 11 is 1.74. The molecule has 1 unspecified atom stereocenters. The van der Waals surface area contributed by atoms with Gasteiger partial charge in [-0.05, 0) is 20.3 Å². The number of hydrogen-bond donors (Lipinski definition) is 2. The van der Waals surface area contributed by atoms with Gasteiger partial charge < -0.3 is 10.6 Å². The number of aromatic nitrogens is 1. The second-order valence-corrected chi connectivity index (χ2v) is 6.69. The van der Waals surface area contributed by atoms with Crippen LogP contribution in [0.15, 0.2) is 11.6 Å². The zero-order valence-corrected chi connectivity index (χ0v) is 13.1. The maximum Gasteiger partial charge on any atom is 0.109 e. The predicted molar refractivity (Wildman–Crippen MR) is 81.7 cm³/mol. The fourth-order valence-electron chi connectivity index (χ4n) is 2.57. The molecule has 1 aliphatic rings. The van der Waals surface area contributed by atoms with Gasteiger partial charge in [-0.15, -0.1) is 11.3 Å². The molecule has 0 radical (unpaired) electrons. The fourth-order valence-corrected chi connectivity index (χ4v) is 3.36. The molecule has 4 nitrogen and oxygen atoms in total. The third-order valence-corrected chi connectivity index (χ3v) is 4.80. The van der Waals surface area contributed by atoms with Crippen LogP contribution in [0, 0.1) is 0 Å². The van der Waals surface area contributed by atoms with E-state index < -0.39 is 0 Å². The fraction of sp³-hybridized carbons (Fsp3) is 0.786. The summed E-state index contributed by atoms with van der Waals surface area (Å²) in [6.07, 6.45) is 2.98. The van der Waals surface area contributed by atoms with Gasteiger partial charge in [0.25, 0.3) is 0 Å². The molecule has 19 heavy (non-hydrogen) atoms. The topological polar surface area (TPSA) is 40.2 Å². The molecular weight excluding hydrogens is 256 g/mol. The van der Waals surface area contributed by atoms with E-state index in [2.05, 4.69) is 46.7 Å². The molecule has 1 atom stereocenters. The normalized spacial score (nSPS) is 19.5. The number of hydrogen-bond acceptors (Lipinski definition) is 5. The Labute approximate surface area is 120 Å². The highest BCUT2D eigenvalue weighted by Crippen LogP contribution is 2.21. The monoisotopic (exact) mass is 282 g/mol. The molecule has 108 valence electrons. The van der Waals surface area contributed by atoms with Crippen LogP contribution in [-0.2, 0) is 0 Å². The zero-order valence-electron chi connectivity index (χ0n) is 12.3. The molecule has 1 aliphatic heterocycles. The smallest absolute Gasteiger partial charge is 0.109 e. The Morgan fingerprint density at radius 3 is 2.79 bits per heavy atom. The Kier molecular flexibility index (Phi) is 5.33. The maximum atomic E-state index is 4.43. The summed E-state index contributed by atoms with van der Waals surface area (Å²) in [7, 11) is 0. The highest BCUT2D eigenvalue weighted by atomic mass is 32.1. The number of piperazine rings is 1. The molecule has 0 bridgehead atoms. The summed E-state index contributed by atoms with van der Waals surface area (Å²) in [6, 6.07) is 0.391. The SMILES string of the molecule is CCC(NCC(C)(C)N1CCNCC1)c1nccs1. The first-order valence-corrected chi connectivity index (χ1v) is 8.10.